The van der Waals surface area contributed by atoms with Gasteiger partial charge in [0.05, 0.1) is 11.1 Å². The van der Waals surface area contributed by atoms with Crippen molar-refractivity contribution in [3.63, 3.8) is 0 Å². The molecule has 0 amide bonds. The number of anilines is 3. The number of hydrogen-bond donors (Lipinski definition) is 0. The predicted molar refractivity (Wildman–Crippen MR) is 295 cm³/mol. The zero-order chi connectivity index (χ0) is 46.2. The average molecular weight is 910 g/mol. The summed E-state index contributed by atoms with van der Waals surface area (Å²) in [6.45, 7) is 0. The molecular formula is C67H43NOS. The number of para-hydroxylation sites is 1. The lowest BCUT2D eigenvalue weighted by atomic mass is 9.68. The summed E-state index contributed by atoms with van der Waals surface area (Å²) in [5.41, 5.74) is 19.2. The molecule has 11 aromatic carbocycles. The van der Waals surface area contributed by atoms with Gasteiger partial charge < -0.3 is 9.32 Å². The second-order valence-electron chi connectivity index (χ2n) is 18.3. The Bertz CT molecular complexity index is 4090. The first kappa shape index (κ1) is 40.3. The SMILES string of the molecule is c1ccc(C2(c3ccccc3)c3ccccc3-c3c(N(c4ccc(-c5cccc(-c6cccc7c6sc6ccccc67)c5)cc4)c4cccc(-c5ccc6oc7ccccc7c6c5)c4)cccc32)cc1. The zero-order valence-corrected chi connectivity index (χ0v) is 38.9. The summed E-state index contributed by atoms with van der Waals surface area (Å²) < 4.78 is 8.91. The number of fused-ring (bicyclic) bond motifs is 9. The predicted octanol–water partition coefficient (Wildman–Crippen LogP) is 18.8. The van der Waals surface area contributed by atoms with Crippen LogP contribution in [0, 0.1) is 0 Å². The Hall–Kier alpha value is -8.76. The minimum atomic E-state index is -0.532. The van der Waals surface area contributed by atoms with Crippen molar-refractivity contribution in [2.75, 3.05) is 4.90 Å². The van der Waals surface area contributed by atoms with E-state index in [9.17, 15) is 0 Å². The highest BCUT2D eigenvalue weighted by Crippen LogP contribution is 2.59. The molecule has 0 N–H and O–H groups in total. The van der Waals surface area contributed by atoms with Crippen LogP contribution in [0.2, 0.25) is 0 Å². The fraction of sp³-hybridized carbons (Fsp3) is 0.0149. The Morgan fingerprint density at radius 3 is 1.76 bits per heavy atom. The first-order valence-electron chi connectivity index (χ1n) is 24.0. The van der Waals surface area contributed by atoms with Crippen molar-refractivity contribution in [2.24, 2.45) is 0 Å². The van der Waals surface area contributed by atoms with Gasteiger partial charge in [-0.25, -0.2) is 0 Å². The minimum Gasteiger partial charge on any atom is -0.456 e. The third-order valence-electron chi connectivity index (χ3n) is 14.6. The Morgan fingerprint density at radius 2 is 0.929 bits per heavy atom. The molecule has 0 bridgehead atoms. The third kappa shape index (κ3) is 6.25. The Kier molecular flexibility index (Phi) is 9.33. The van der Waals surface area contributed by atoms with Gasteiger partial charge >= 0.3 is 0 Å². The largest absolute Gasteiger partial charge is 0.456 e. The number of furan rings is 1. The van der Waals surface area contributed by atoms with Crippen LogP contribution in [0.1, 0.15) is 22.3 Å². The molecule has 1 aliphatic carbocycles. The van der Waals surface area contributed by atoms with E-state index in [0.29, 0.717) is 0 Å². The fourth-order valence-corrected chi connectivity index (χ4v) is 12.7. The van der Waals surface area contributed by atoms with Crippen LogP contribution in [0.3, 0.4) is 0 Å². The van der Waals surface area contributed by atoms with E-state index in [-0.39, 0.29) is 0 Å². The lowest BCUT2D eigenvalue weighted by molar-refractivity contribution is 0.669. The molecule has 3 heteroatoms. The molecule has 0 radical (unpaired) electrons. The fourth-order valence-electron chi connectivity index (χ4n) is 11.5. The van der Waals surface area contributed by atoms with Gasteiger partial charge in [-0.1, -0.05) is 200 Å². The lowest BCUT2D eigenvalue weighted by Crippen LogP contribution is -2.28. The summed E-state index contributed by atoms with van der Waals surface area (Å²) in [6, 6.07) is 95.6. The minimum absolute atomic E-state index is 0.532. The molecule has 2 aromatic heterocycles. The van der Waals surface area contributed by atoms with Crippen LogP contribution in [0.15, 0.2) is 265 Å². The molecule has 328 valence electrons. The maximum atomic E-state index is 6.26. The standard InChI is InChI=1S/C67H43NOS/c1-3-20-49(21-4-1)67(50-22-5-2-6-23-50)59-30-10-7-27-57(59)65-60(67)31-16-32-61(65)68(52-24-14-18-46(42-52)47-37-40-63-58(43-47)54-25-8-11-33-62(54)69-63)51-38-35-44(36-39-51)45-17-13-19-48(41-45)53-28-15-29-56-55-26-9-12-34-64(55)70-66(53)56/h1-43H. The van der Waals surface area contributed by atoms with E-state index in [2.05, 4.69) is 254 Å². The summed E-state index contributed by atoms with van der Waals surface area (Å²) >= 11 is 1.88. The average Bonchev–Trinajstić information content (AvgIpc) is 4.11. The van der Waals surface area contributed by atoms with Crippen molar-refractivity contribution in [3.8, 4) is 44.5 Å². The number of rotatable bonds is 8. The summed E-state index contributed by atoms with van der Waals surface area (Å²) in [7, 11) is 0. The van der Waals surface area contributed by atoms with Gasteiger partial charge in [-0.2, -0.15) is 0 Å². The summed E-state index contributed by atoms with van der Waals surface area (Å²) in [4.78, 5) is 2.47. The molecule has 1 aliphatic rings. The maximum Gasteiger partial charge on any atom is 0.135 e. The second-order valence-corrected chi connectivity index (χ2v) is 19.4. The van der Waals surface area contributed by atoms with Crippen molar-refractivity contribution in [2.45, 2.75) is 5.41 Å². The first-order chi connectivity index (χ1) is 34.7. The van der Waals surface area contributed by atoms with Crippen LogP contribution in [0.5, 0.6) is 0 Å². The van der Waals surface area contributed by atoms with E-state index >= 15 is 0 Å². The Morgan fingerprint density at radius 1 is 0.343 bits per heavy atom. The topological polar surface area (TPSA) is 16.4 Å². The smallest absolute Gasteiger partial charge is 0.135 e. The van der Waals surface area contributed by atoms with E-state index in [1.54, 1.807) is 0 Å². The maximum absolute atomic E-state index is 6.26. The Balaban J connectivity index is 0.947. The quantitative estimate of drug-likeness (QED) is 0.151. The highest BCUT2D eigenvalue weighted by atomic mass is 32.1. The lowest BCUT2D eigenvalue weighted by Gasteiger charge is -2.34. The Labute approximate surface area is 410 Å². The number of benzene rings is 11. The van der Waals surface area contributed by atoms with Gasteiger partial charge in [0.2, 0.25) is 0 Å². The van der Waals surface area contributed by atoms with E-state index in [1.807, 2.05) is 23.5 Å². The molecule has 70 heavy (non-hydrogen) atoms. The molecule has 14 rings (SSSR count). The molecule has 0 atom stereocenters. The van der Waals surface area contributed by atoms with E-state index in [0.717, 1.165) is 50.1 Å². The summed E-state index contributed by atoms with van der Waals surface area (Å²) in [5, 5.41) is 4.87. The van der Waals surface area contributed by atoms with Crippen molar-refractivity contribution in [1.82, 2.24) is 0 Å². The van der Waals surface area contributed by atoms with Gasteiger partial charge in [0.1, 0.15) is 11.2 Å². The number of nitrogens with zero attached hydrogens (tertiary/aromatic N) is 1. The van der Waals surface area contributed by atoms with Gasteiger partial charge in [-0.05, 0) is 122 Å². The molecule has 0 unspecified atom stereocenters. The van der Waals surface area contributed by atoms with Crippen molar-refractivity contribution in [3.05, 3.63) is 283 Å². The van der Waals surface area contributed by atoms with Gasteiger partial charge in [0.15, 0.2) is 0 Å². The number of thiophene rings is 1. The molecule has 2 nitrogen and oxygen atoms in total. The third-order valence-corrected chi connectivity index (χ3v) is 15.8. The van der Waals surface area contributed by atoms with Gasteiger partial charge in [-0.3, -0.25) is 0 Å². The zero-order valence-electron chi connectivity index (χ0n) is 38.1. The van der Waals surface area contributed by atoms with Crippen molar-refractivity contribution < 1.29 is 4.42 Å². The van der Waals surface area contributed by atoms with Crippen LogP contribution < -0.4 is 4.90 Å². The van der Waals surface area contributed by atoms with Gasteiger partial charge in [-0.15, -0.1) is 11.3 Å². The van der Waals surface area contributed by atoms with Crippen LogP contribution in [0.25, 0.3) is 86.6 Å². The van der Waals surface area contributed by atoms with Crippen molar-refractivity contribution >= 4 is 70.5 Å². The summed E-state index contributed by atoms with van der Waals surface area (Å²) in [5.74, 6) is 0. The van der Waals surface area contributed by atoms with E-state index in [1.165, 1.54) is 75.8 Å². The monoisotopic (exact) mass is 909 g/mol. The van der Waals surface area contributed by atoms with E-state index in [4.69, 9.17) is 4.42 Å². The van der Waals surface area contributed by atoms with Gasteiger partial charge in [0.25, 0.3) is 0 Å². The van der Waals surface area contributed by atoms with Crippen LogP contribution in [-0.4, -0.2) is 0 Å². The van der Waals surface area contributed by atoms with Crippen LogP contribution >= 0.6 is 11.3 Å². The molecular weight excluding hydrogens is 867 g/mol. The molecule has 0 saturated heterocycles. The second kappa shape index (κ2) is 16.2. The summed E-state index contributed by atoms with van der Waals surface area (Å²) in [6.07, 6.45) is 0. The van der Waals surface area contributed by atoms with Crippen molar-refractivity contribution in [1.29, 1.82) is 0 Å². The molecule has 0 aliphatic heterocycles. The molecule has 0 saturated carbocycles. The normalized spacial score (nSPS) is 12.7. The molecule has 0 spiro atoms. The van der Waals surface area contributed by atoms with Gasteiger partial charge in [0, 0.05) is 47.9 Å². The highest BCUT2D eigenvalue weighted by Gasteiger charge is 2.47. The molecule has 2 heterocycles. The van der Waals surface area contributed by atoms with Crippen LogP contribution in [0.4, 0.5) is 17.1 Å². The number of hydrogen-bond acceptors (Lipinski definition) is 3. The molecule has 13 aromatic rings. The molecule has 0 fully saturated rings. The first-order valence-corrected chi connectivity index (χ1v) is 24.8. The highest BCUT2D eigenvalue weighted by molar-refractivity contribution is 7.26. The van der Waals surface area contributed by atoms with E-state index < -0.39 is 5.41 Å². The van der Waals surface area contributed by atoms with Crippen LogP contribution in [-0.2, 0) is 5.41 Å².